The van der Waals surface area contributed by atoms with Crippen LogP contribution in [0, 0.1) is 0 Å². The van der Waals surface area contributed by atoms with Crippen LogP contribution in [-0.4, -0.2) is 23.9 Å². The molecule has 0 radical (unpaired) electrons. The first-order chi connectivity index (χ1) is 7.33. The van der Waals surface area contributed by atoms with E-state index in [4.69, 9.17) is 0 Å². The lowest BCUT2D eigenvalue weighted by Gasteiger charge is -2.34. The highest BCUT2D eigenvalue weighted by molar-refractivity contribution is 5.82. The highest BCUT2D eigenvalue weighted by Gasteiger charge is 2.21. The first kappa shape index (κ1) is 10.1. The molecule has 15 heavy (non-hydrogen) atoms. The van der Waals surface area contributed by atoms with E-state index in [2.05, 4.69) is 16.8 Å². The lowest BCUT2D eigenvalue weighted by atomic mass is 10.0. The van der Waals surface area contributed by atoms with Gasteiger partial charge in [0.25, 0.3) is 0 Å². The summed E-state index contributed by atoms with van der Waals surface area (Å²) in [5.74, 6) is 0.847. The van der Waals surface area contributed by atoms with E-state index in [-0.39, 0.29) is 0 Å². The highest BCUT2D eigenvalue weighted by atomic mass is 16.1. The molecule has 1 fully saturated rings. The largest absolute Gasteiger partial charge is 0.353 e. The van der Waals surface area contributed by atoms with Gasteiger partial charge >= 0.3 is 0 Å². The number of hydrogen-bond acceptors (Lipinski definition) is 3. The third-order valence-electron chi connectivity index (χ3n) is 3.02. The van der Waals surface area contributed by atoms with Crippen LogP contribution in [0.2, 0.25) is 0 Å². The number of hydrogen-bond donors (Lipinski definition) is 0. The molecule has 0 aliphatic carbocycles. The summed E-state index contributed by atoms with van der Waals surface area (Å²) in [6, 6.07) is 4.13. The molecule has 3 nitrogen and oxygen atoms in total. The summed E-state index contributed by atoms with van der Waals surface area (Å²) >= 11 is 0. The van der Waals surface area contributed by atoms with Crippen LogP contribution in [-0.2, 0) is 0 Å². The van der Waals surface area contributed by atoms with Gasteiger partial charge in [0.05, 0.1) is 5.56 Å². The lowest BCUT2D eigenvalue weighted by molar-refractivity contribution is 0.112. The Hall–Kier alpha value is -1.38. The normalized spacial score (nSPS) is 21.4. The molecule has 1 aromatic rings. The van der Waals surface area contributed by atoms with Crippen LogP contribution in [0.5, 0.6) is 0 Å². The van der Waals surface area contributed by atoms with Crippen molar-refractivity contribution in [2.45, 2.75) is 32.2 Å². The van der Waals surface area contributed by atoms with Crippen molar-refractivity contribution in [2.75, 3.05) is 11.4 Å². The molecule has 2 rings (SSSR count). The molecule has 0 aromatic carbocycles. The van der Waals surface area contributed by atoms with Crippen molar-refractivity contribution < 1.29 is 4.79 Å². The van der Waals surface area contributed by atoms with E-state index in [0.717, 1.165) is 18.6 Å². The smallest absolute Gasteiger partial charge is 0.153 e. The van der Waals surface area contributed by atoms with Gasteiger partial charge < -0.3 is 4.90 Å². The van der Waals surface area contributed by atoms with E-state index in [0.29, 0.717) is 11.6 Å². The fourth-order valence-electron chi connectivity index (χ4n) is 2.15. The molecule has 1 aliphatic heterocycles. The molecular weight excluding hydrogens is 188 g/mol. The maximum Gasteiger partial charge on any atom is 0.153 e. The predicted molar refractivity (Wildman–Crippen MR) is 60.3 cm³/mol. The van der Waals surface area contributed by atoms with Gasteiger partial charge in [-0.15, -0.1) is 0 Å². The SMILES string of the molecule is C[C@H]1CCCCN1c1ncccc1C=O. The Kier molecular flexibility index (Phi) is 2.99. The first-order valence-electron chi connectivity index (χ1n) is 5.50. The fourth-order valence-corrected chi connectivity index (χ4v) is 2.15. The quantitative estimate of drug-likeness (QED) is 0.693. The Morgan fingerprint density at radius 2 is 2.40 bits per heavy atom. The molecule has 0 unspecified atom stereocenters. The minimum absolute atomic E-state index is 0.493. The van der Waals surface area contributed by atoms with Crippen LogP contribution in [0.3, 0.4) is 0 Å². The molecular formula is C12H16N2O. The number of rotatable bonds is 2. The third kappa shape index (κ3) is 2.01. The van der Waals surface area contributed by atoms with E-state index < -0.39 is 0 Å². The second-order valence-electron chi connectivity index (χ2n) is 4.07. The average molecular weight is 204 g/mol. The number of pyridine rings is 1. The topological polar surface area (TPSA) is 33.2 Å². The van der Waals surface area contributed by atoms with E-state index in [9.17, 15) is 4.79 Å². The molecule has 1 aliphatic rings. The zero-order valence-electron chi connectivity index (χ0n) is 9.02. The maximum absolute atomic E-state index is 10.9. The molecule has 80 valence electrons. The van der Waals surface area contributed by atoms with Crippen molar-refractivity contribution in [3.63, 3.8) is 0 Å². The number of nitrogens with zero attached hydrogens (tertiary/aromatic N) is 2. The fraction of sp³-hybridized carbons (Fsp3) is 0.500. The number of piperidine rings is 1. The van der Waals surface area contributed by atoms with Crippen LogP contribution in [0.15, 0.2) is 18.3 Å². The summed E-state index contributed by atoms with van der Waals surface area (Å²) in [4.78, 5) is 17.5. The summed E-state index contributed by atoms with van der Waals surface area (Å²) < 4.78 is 0. The Morgan fingerprint density at radius 1 is 1.53 bits per heavy atom. The molecule has 2 heterocycles. The first-order valence-corrected chi connectivity index (χ1v) is 5.50. The van der Waals surface area contributed by atoms with E-state index >= 15 is 0 Å². The molecule has 1 aromatic heterocycles. The standard InChI is InChI=1S/C12H16N2O/c1-10-5-2-3-8-14(10)12-11(9-15)6-4-7-13-12/h4,6-7,9-10H,2-3,5,8H2,1H3/t10-/m0/s1. The molecule has 0 amide bonds. The van der Waals surface area contributed by atoms with Gasteiger partial charge in [-0.05, 0) is 38.3 Å². The minimum atomic E-state index is 0.493. The van der Waals surface area contributed by atoms with Crippen molar-refractivity contribution in [2.24, 2.45) is 0 Å². The highest BCUT2D eigenvalue weighted by Crippen LogP contribution is 2.24. The van der Waals surface area contributed by atoms with Gasteiger partial charge in [0.1, 0.15) is 5.82 Å². The zero-order valence-corrected chi connectivity index (χ0v) is 9.02. The average Bonchev–Trinajstić information content (AvgIpc) is 2.30. The monoisotopic (exact) mass is 204 g/mol. The van der Waals surface area contributed by atoms with Gasteiger partial charge in [-0.1, -0.05) is 0 Å². The number of aromatic nitrogens is 1. The Morgan fingerprint density at radius 3 is 3.13 bits per heavy atom. The minimum Gasteiger partial charge on any atom is -0.353 e. The summed E-state index contributed by atoms with van der Waals surface area (Å²) in [7, 11) is 0. The van der Waals surface area contributed by atoms with Gasteiger partial charge in [0.2, 0.25) is 0 Å². The van der Waals surface area contributed by atoms with Crippen molar-refractivity contribution in [3.8, 4) is 0 Å². The molecule has 0 spiro atoms. The number of aldehydes is 1. The molecule has 0 bridgehead atoms. The number of carbonyl (C=O) groups is 1. The van der Waals surface area contributed by atoms with Crippen molar-refractivity contribution >= 4 is 12.1 Å². The van der Waals surface area contributed by atoms with Crippen LogP contribution >= 0.6 is 0 Å². The number of anilines is 1. The second kappa shape index (κ2) is 4.43. The number of carbonyl (C=O) groups excluding carboxylic acids is 1. The Bertz CT molecular complexity index is 351. The van der Waals surface area contributed by atoms with Crippen LogP contribution < -0.4 is 4.90 Å². The Labute approximate surface area is 90.1 Å². The third-order valence-corrected chi connectivity index (χ3v) is 3.02. The summed E-state index contributed by atoms with van der Waals surface area (Å²) in [5.41, 5.74) is 0.700. The van der Waals surface area contributed by atoms with Gasteiger partial charge in [-0.3, -0.25) is 4.79 Å². The van der Waals surface area contributed by atoms with Gasteiger partial charge in [-0.2, -0.15) is 0 Å². The molecule has 1 saturated heterocycles. The molecule has 3 heteroatoms. The Balaban J connectivity index is 2.30. The maximum atomic E-state index is 10.9. The van der Waals surface area contributed by atoms with Gasteiger partial charge in [0, 0.05) is 18.8 Å². The van der Waals surface area contributed by atoms with Crippen molar-refractivity contribution in [1.29, 1.82) is 0 Å². The van der Waals surface area contributed by atoms with Crippen LogP contribution in [0.1, 0.15) is 36.5 Å². The zero-order chi connectivity index (χ0) is 10.7. The van der Waals surface area contributed by atoms with Crippen molar-refractivity contribution in [1.82, 2.24) is 4.98 Å². The summed E-state index contributed by atoms with van der Waals surface area (Å²) in [6.45, 7) is 3.21. The molecule has 0 N–H and O–H groups in total. The van der Waals surface area contributed by atoms with Crippen LogP contribution in [0.4, 0.5) is 5.82 Å². The molecule has 0 saturated carbocycles. The van der Waals surface area contributed by atoms with E-state index in [1.807, 2.05) is 12.1 Å². The second-order valence-corrected chi connectivity index (χ2v) is 4.07. The summed E-state index contributed by atoms with van der Waals surface area (Å²) in [5, 5.41) is 0. The molecule has 1 atom stereocenters. The van der Waals surface area contributed by atoms with Crippen LogP contribution in [0.25, 0.3) is 0 Å². The van der Waals surface area contributed by atoms with E-state index in [1.165, 1.54) is 19.3 Å². The van der Waals surface area contributed by atoms with Gasteiger partial charge in [0.15, 0.2) is 6.29 Å². The van der Waals surface area contributed by atoms with Crippen molar-refractivity contribution in [3.05, 3.63) is 23.9 Å². The predicted octanol–water partition coefficient (Wildman–Crippen LogP) is 2.27. The summed E-state index contributed by atoms with van der Waals surface area (Å²) in [6.07, 6.45) is 6.31. The van der Waals surface area contributed by atoms with Gasteiger partial charge in [-0.25, -0.2) is 4.98 Å². The van der Waals surface area contributed by atoms with E-state index in [1.54, 1.807) is 6.20 Å². The lowest BCUT2D eigenvalue weighted by Crippen LogP contribution is -2.38.